The molecule has 0 saturated carbocycles. The van der Waals surface area contributed by atoms with Crippen LogP contribution in [0.3, 0.4) is 0 Å². The molecule has 8 nitrogen and oxygen atoms in total. The lowest BCUT2D eigenvalue weighted by atomic mass is 9.73. The minimum Gasteiger partial charge on any atom is -0.339 e. The molecule has 0 aliphatic carbocycles. The Labute approximate surface area is 171 Å². The van der Waals surface area contributed by atoms with Gasteiger partial charge in [0.2, 0.25) is 11.8 Å². The van der Waals surface area contributed by atoms with Crippen molar-refractivity contribution in [3.63, 3.8) is 0 Å². The number of amides is 1. The van der Waals surface area contributed by atoms with Gasteiger partial charge >= 0.3 is 0 Å². The van der Waals surface area contributed by atoms with E-state index >= 15 is 0 Å². The van der Waals surface area contributed by atoms with E-state index in [0.717, 1.165) is 56.1 Å². The first-order valence-corrected chi connectivity index (χ1v) is 10.5. The number of piperidine rings is 2. The summed E-state index contributed by atoms with van der Waals surface area (Å²) in [5.74, 6) is 1.91. The van der Waals surface area contributed by atoms with E-state index in [-0.39, 0.29) is 17.2 Å². The van der Waals surface area contributed by atoms with E-state index in [4.69, 9.17) is 4.52 Å². The maximum absolute atomic E-state index is 12.6. The van der Waals surface area contributed by atoms with Crippen molar-refractivity contribution in [1.82, 2.24) is 29.9 Å². The minimum atomic E-state index is 0.134. The van der Waals surface area contributed by atoms with E-state index < -0.39 is 0 Å². The number of rotatable bonds is 5. The summed E-state index contributed by atoms with van der Waals surface area (Å²) < 4.78 is 5.36. The zero-order chi connectivity index (χ0) is 20.4. The van der Waals surface area contributed by atoms with Gasteiger partial charge in [0.25, 0.3) is 0 Å². The molecule has 0 radical (unpaired) electrons. The van der Waals surface area contributed by atoms with Crippen LogP contribution in [0, 0.1) is 12.3 Å². The molecule has 2 saturated heterocycles. The zero-order valence-corrected chi connectivity index (χ0v) is 17.6. The molecule has 2 aromatic heterocycles. The van der Waals surface area contributed by atoms with Gasteiger partial charge in [-0.1, -0.05) is 19.0 Å². The number of nitrogens with zero attached hydrogens (tertiary/aromatic N) is 6. The van der Waals surface area contributed by atoms with Crippen LogP contribution in [-0.2, 0) is 17.9 Å². The van der Waals surface area contributed by atoms with Gasteiger partial charge in [0.05, 0.1) is 30.7 Å². The van der Waals surface area contributed by atoms with E-state index in [9.17, 15) is 4.79 Å². The Balaban J connectivity index is 1.42. The van der Waals surface area contributed by atoms with E-state index in [1.165, 1.54) is 0 Å². The van der Waals surface area contributed by atoms with Gasteiger partial charge in [-0.2, -0.15) is 4.98 Å². The van der Waals surface area contributed by atoms with Crippen molar-refractivity contribution in [2.45, 2.75) is 65.5 Å². The zero-order valence-electron chi connectivity index (χ0n) is 17.6. The summed E-state index contributed by atoms with van der Waals surface area (Å²) in [6, 6.07) is 0. The van der Waals surface area contributed by atoms with Gasteiger partial charge in [-0.05, 0) is 32.7 Å². The lowest BCUT2D eigenvalue weighted by Crippen LogP contribution is -2.53. The summed E-state index contributed by atoms with van der Waals surface area (Å²) in [4.78, 5) is 30.2. The molecular weight excluding hydrogens is 368 g/mol. The van der Waals surface area contributed by atoms with Crippen molar-refractivity contribution in [2.24, 2.45) is 5.41 Å². The molecular formula is C21H30N6O2. The normalized spacial score (nSPS) is 23.3. The molecule has 8 heteroatoms. The average Bonchev–Trinajstić information content (AvgIpc) is 3.16. The van der Waals surface area contributed by atoms with Gasteiger partial charge in [0.15, 0.2) is 5.82 Å². The van der Waals surface area contributed by atoms with Crippen LogP contribution in [0.4, 0.5) is 0 Å². The topological polar surface area (TPSA) is 88.3 Å². The Morgan fingerprint density at radius 2 is 2.03 bits per heavy atom. The second-order valence-corrected chi connectivity index (χ2v) is 8.92. The summed E-state index contributed by atoms with van der Waals surface area (Å²) in [7, 11) is 0. The monoisotopic (exact) mass is 398 g/mol. The molecule has 2 aromatic rings. The number of aromatic nitrogens is 4. The average molecular weight is 399 g/mol. The van der Waals surface area contributed by atoms with Crippen molar-refractivity contribution < 1.29 is 9.32 Å². The molecule has 1 atom stereocenters. The molecule has 4 rings (SSSR count). The molecule has 2 aliphatic rings. The highest BCUT2D eigenvalue weighted by molar-refractivity contribution is 5.77. The summed E-state index contributed by atoms with van der Waals surface area (Å²) in [5, 5.41) is 4.15. The summed E-state index contributed by atoms with van der Waals surface area (Å²) >= 11 is 0. The number of likely N-dealkylation sites (tertiary alicyclic amines) is 2. The van der Waals surface area contributed by atoms with Crippen molar-refractivity contribution in [1.29, 1.82) is 0 Å². The molecule has 4 heterocycles. The number of hydrogen-bond donors (Lipinski definition) is 0. The maximum Gasteiger partial charge on any atom is 0.229 e. The molecule has 2 fully saturated rings. The molecule has 0 bridgehead atoms. The first-order chi connectivity index (χ1) is 13.9. The van der Waals surface area contributed by atoms with Crippen molar-refractivity contribution >= 4 is 5.91 Å². The molecule has 29 heavy (non-hydrogen) atoms. The largest absolute Gasteiger partial charge is 0.339 e. The number of hydrogen-bond acceptors (Lipinski definition) is 7. The minimum absolute atomic E-state index is 0.134. The fourth-order valence-corrected chi connectivity index (χ4v) is 4.49. The van der Waals surface area contributed by atoms with Crippen molar-refractivity contribution in [3.8, 4) is 0 Å². The van der Waals surface area contributed by atoms with Crippen LogP contribution in [0.2, 0.25) is 0 Å². The van der Waals surface area contributed by atoms with Crippen LogP contribution in [0.1, 0.15) is 68.6 Å². The number of aryl methyl sites for hydroxylation is 1. The van der Waals surface area contributed by atoms with E-state index in [1.54, 1.807) is 12.4 Å². The van der Waals surface area contributed by atoms with Gasteiger partial charge < -0.3 is 9.42 Å². The Morgan fingerprint density at radius 3 is 2.76 bits per heavy atom. The second kappa shape index (κ2) is 8.18. The van der Waals surface area contributed by atoms with Gasteiger partial charge in [-0.15, -0.1) is 0 Å². The molecule has 1 unspecified atom stereocenters. The SMILES string of the molecule is Cc1cnc(CN2CC3(CCCN(Cc4noc(C(C)C)n4)C3)CCC2=O)cn1. The van der Waals surface area contributed by atoms with Gasteiger partial charge in [-0.3, -0.25) is 19.7 Å². The van der Waals surface area contributed by atoms with E-state index in [2.05, 4.69) is 38.9 Å². The summed E-state index contributed by atoms with van der Waals surface area (Å²) in [6.07, 6.45) is 7.37. The third kappa shape index (κ3) is 4.63. The number of carbonyl (C=O) groups is 1. The highest BCUT2D eigenvalue weighted by Gasteiger charge is 2.42. The van der Waals surface area contributed by atoms with Crippen molar-refractivity contribution in [3.05, 3.63) is 35.5 Å². The van der Waals surface area contributed by atoms with Crippen LogP contribution < -0.4 is 0 Å². The fraction of sp³-hybridized carbons (Fsp3) is 0.667. The van der Waals surface area contributed by atoms with E-state index in [1.807, 2.05) is 11.8 Å². The Bertz CT molecular complexity index is 849. The fourth-order valence-electron chi connectivity index (χ4n) is 4.49. The quantitative estimate of drug-likeness (QED) is 0.765. The summed E-state index contributed by atoms with van der Waals surface area (Å²) in [6.45, 7) is 10.0. The molecule has 156 valence electrons. The van der Waals surface area contributed by atoms with Crippen LogP contribution in [0.25, 0.3) is 0 Å². The summed E-state index contributed by atoms with van der Waals surface area (Å²) in [5.41, 5.74) is 1.87. The smallest absolute Gasteiger partial charge is 0.229 e. The number of carbonyl (C=O) groups excluding carboxylic acids is 1. The molecule has 1 spiro atoms. The van der Waals surface area contributed by atoms with Gasteiger partial charge in [0, 0.05) is 37.0 Å². The van der Waals surface area contributed by atoms with Gasteiger partial charge in [0.1, 0.15) is 0 Å². The first-order valence-electron chi connectivity index (χ1n) is 10.5. The molecule has 0 N–H and O–H groups in total. The third-order valence-corrected chi connectivity index (χ3v) is 6.02. The first kappa shape index (κ1) is 19.9. The molecule has 1 amide bonds. The van der Waals surface area contributed by atoms with Crippen LogP contribution in [0.5, 0.6) is 0 Å². The molecule has 0 aromatic carbocycles. The van der Waals surface area contributed by atoms with Crippen LogP contribution in [0.15, 0.2) is 16.9 Å². The Morgan fingerprint density at radius 1 is 1.17 bits per heavy atom. The predicted octanol–water partition coefficient (Wildman–Crippen LogP) is 2.70. The highest BCUT2D eigenvalue weighted by atomic mass is 16.5. The van der Waals surface area contributed by atoms with E-state index in [0.29, 0.717) is 25.4 Å². The highest BCUT2D eigenvalue weighted by Crippen LogP contribution is 2.39. The Hall–Kier alpha value is -2.35. The van der Waals surface area contributed by atoms with Crippen molar-refractivity contribution in [2.75, 3.05) is 19.6 Å². The lowest BCUT2D eigenvalue weighted by Gasteiger charge is -2.48. The van der Waals surface area contributed by atoms with Crippen LogP contribution >= 0.6 is 0 Å². The maximum atomic E-state index is 12.6. The second-order valence-electron chi connectivity index (χ2n) is 8.92. The third-order valence-electron chi connectivity index (χ3n) is 6.02. The van der Waals surface area contributed by atoms with Crippen LogP contribution in [-0.4, -0.2) is 55.4 Å². The standard InChI is InChI=1S/C21H30N6O2/c1-15(2)20-24-18(25-29-20)12-26-8-4-6-21(13-26)7-5-19(28)27(14-21)11-17-10-22-16(3)9-23-17/h9-10,15H,4-8,11-14H2,1-3H3. The Kier molecular flexibility index (Phi) is 5.63. The molecule has 2 aliphatic heterocycles. The lowest BCUT2D eigenvalue weighted by molar-refractivity contribution is -0.140. The predicted molar refractivity (Wildman–Crippen MR) is 107 cm³/mol. The van der Waals surface area contributed by atoms with Gasteiger partial charge in [-0.25, -0.2) is 0 Å².